The van der Waals surface area contributed by atoms with E-state index in [1.807, 2.05) is 55.5 Å². The molecule has 9 heteroatoms. The van der Waals surface area contributed by atoms with Crippen LogP contribution in [-0.4, -0.2) is 64.0 Å². The number of aryl methyl sites for hydroxylation is 1. The van der Waals surface area contributed by atoms with E-state index >= 15 is 0 Å². The van der Waals surface area contributed by atoms with Crippen LogP contribution in [0.15, 0.2) is 79.3 Å². The summed E-state index contributed by atoms with van der Waals surface area (Å²) in [5.41, 5.74) is 9.80. The maximum absolute atomic E-state index is 12.8. The number of piperazine rings is 1. The molecule has 0 atom stereocenters. The molecule has 1 fully saturated rings. The molecule has 1 saturated heterocycles. The van der Waals surface area contributed by atoms with Crippen LogP contribution < -0.4 is 15.6 Å². The molecule has 1 amide bonds. The summed E-state index contributed by atoms with van der Waals surface area (Å²) >= 11 is 0. The summed E-state index contributed by atoms with van der Waals surface area (Å²) in [6, 6.07) is 19.7. The highest BCUT2D eigenvalue weighted by atomic mass is 16.2. The number of anilines is 4. The van der Waals surface area contributed by atoms with E-state index < -0.39 is 0 Å². The number of benzene rings is 2. The number of hydrazine groups is 1. The van der Waals surface area contributed by atoms with Gasteiger partial charge in [-0.05, 0) is 67.6 Å². The number of aromatic nitrogens is 3. The molecule has 0 saturated carbocycles. The number of carbonyl (C=O) groups excluding carboxylic acids is 1. The van der Waals surface area contributed by atoms with Gasteiger partial charge in [-0.2, -0.15) is 0 Å². The van der Waals surface area contributed by atoms with Gasteiger partial charge in [0.2, 0.25) is 11.9 Å². The van der Waals surface area contributed by atoms with Gasteiger partial charge in [-0.25, -0.2) is 15.0 Å². The van der Waals surface area contributed by atoms with Crippen LogP contribution in [-0.2, 0) is 11.3 Å². The molecule has 2 aromatic carbocycles. The molecule has 200 valence electrons. The van der Waals surface area contributed by atoms with Gasteiger partial charge < -0.3 is 10.2 Å². The van der Waals surface area contributed by atoms with Crippen molar-refractivity contribution in [2.24, 2.45) is 0 Å². The zero-order chi connectivity index (χ0) is 27.2. The predicted octanol–water partition coefficient (Wildman–Crippen LogP) is 4.53. The Morgan fingerprint density at radius 1 is 0.974 bits per heavy atom. The monoisotopic (exact) mass is 522 g/mol. The van der Waals surface area contributed by atoms with Crippen molar-refractivity contribution in [1.82, 2.24) is 30.3 Å². The van der Waals surface area contributed by atoms with E-state index in [2.05, 4.69) is 54.8 Å². The van der Waals surface area contributed by atoms with Gasteiger partial charge in [0.25, 0.3) is 0 Å². The average Bonchev–Trinajstić information content (AvgIpc) is 2.96. The highest BCUT2D eigenvalue weighted by molar-refractivity contribution is 5.99. The molecule has 0 radical (unpaired) electrons. The average molecular weight is 523 g/mol. The number of nitrogens with zero attached hydrogens (tertiary/aromatic N) is 6. The summed E-state index contributed by atoms with van der Waals surface area (Å²) in [7, 11) is 2.15. The van der Waals surface area contributed by atoms with Crippen LogP contribution in [0.1, 0.15) is 18.1 Å². The van der Waals surface area contributed by atoms with Crippen molar-refractivity contribution in [3.63, 3.8) is 0 Å². The van der Waals surface area contributed by atoms with Gasteiger partial charge in [-0.3, -0.25) is 20.1 Å². The number of nitrogens with one attached hydrogen (secondary N) is 2. The van der Waals surface area contributed by atoms with E-state index in [1.165, 1.54) is 0 Å². The summed E-state index contributed by atoms with van der Waals surface area (Å²) < 4.78 is 0. The predicted molar refractivity (Wildman–Crippen MR) is 155 cm³/mol. The van der Waals surface area contributed by atoms with Crippen molar-refractivity contribution < 1.29 is 4.79 Å². The largest absolute Gasteiger partial charge is 0.324 e. The van der Waals surface area contributed by atoms with E-state index in [4.69, 9.17) is 0 Å². The first-order valence-corrected chi connectivity index (χ1v) is 13.1. The van der Waals surface area contributed by atoms with E-state index in [1.54, 1.807) is 30.4 Å². The molecule has 9 nitrogen and oxygen atoms in total. The Morgan fingerprint density at radius 2 is 1.74 bits per heavy atom. The van der Waals surface area contributed by atoms with Crippen LogP contribution in [0.25, 0.3) is 11.3 Å². The molecule has 0 bridgehead atoms. The Kier molecular flexibility index (Phi) is 8.21. The maximum Gasteiger partial charge on any atom is 0.228 e. The minimum absolute atomic E-state index is 0.0667. The molecule has 3 heterocycles. The zero-order valence-corrected chi connectivity index (χ0v) is 22.6. The highest BCUT2D eigenvalue weighted by Crippen LogP contribution is 2.31. The van der Waals surface area contributed by atoms with Gasteiger partial charge in [-0.1, -0.05) is 18.2 Å². The van der Waals surface area contributed by atoms with Gasteiger partial charge in [0.1, 0.15) is 0 Å². The molecular weight excluding hydrogens is 488 g/mol. The highest BCUT2D eigenvalue weighted by Gasteiger charge is 2.17. The van der Waals surface area contributed by atoms with Gasteiger partial charge in [-0.15, -0.1) is 0 Å². The van der Waals surface area contributed by atoms with Gasteiger partial charge in [0.15, 0.2) is 0 Å². The van der Waals surface area contributed by atoms with E-state index in [9.17, 15) is 4.79 Å². The lowest BCUT2D eigenvalue weighted by atomic mass is 10.1. The second-order valence-electron chi connectivity index (χ2n) is 9.78. The second kappa shape index (κ2) is 12.1. The lowest BCUT2D eigenvalue weighted by Crippen LogP contribution is -2.50. The number of hydrogen-bond donors (Lipinski definition) is 2. The zero-order valence-electron chi connectivity index (χ0n) is 22.6. The first-order valence-electron chi connectivity index (χ1n) is 13.1. The summed E-state index contributed by atoms with van der Waals surface area (Å²) in [5.74, 6) is 0.408. The molecule has 39 heavy (non-hydrogen) atoms. The topological polar surface area (TPSA) is 89.5 Å². The number of amides is 1. The first-order chi connectivity index (χ1) is 19.0. The summed E-state index contributed by atoms with van der Waals surface area (Å²) in [4.78, 5) is 30.1. The van der Waals surface area contributed by atoms with Crippen molar-refractivity contribution in [3.8, 4) is 11.3 Å². The van der Waals surface area contributed by atoms with Crippen LogP contribution in [0.2, 0.25) is 0 Å². The molecule has 2 aromatic heterocycles. The van der Waals surface area contributed by atoms with Crippen molar-refractivity contribution in [2.75, 3.05) is 43.4 Å². The summed E-state index contributed by atoms with van der Waals surface area (Å²) in [5, 5.41) is 5.60. The van der Waals surface area contributed by atoms with Crippen LogP contribution >= 0.6 is 0 Å². The summed E-state index contributed by atoms with van der Waals surface area (Å²) in [6.45, 7) is 8.49. The van der Waals surface area contributed by atoms with Crippen molar-refractivity contribution in [1.29, 1.82) is 0 Å². The van der Waals surface area contributed by atoms with Gasteiger partial charge in [0, 0.05) is 75.2 Å². The summed E-state index contributed by atoms with van der Waals surface area (Å²) in [6.07, 6.45) is 5.23. The van der Waals surface area contributed by atoms with E-state index in [0.29, 0.717) is 5.95 Å². The number of pyridine rings is 1. The third kappa shape index (κ3) is 6.64. The Hall–Kier alpha value is -4.18. The molecule has 0 aliphatic carbocycles. The van der Waals surface area contributed by atoms with Crippen LogP contribution in [0.5, 0.6) is 0 Å². The first kappa shape index (κ1) is 26.4. The van der Waals surface area contributed by atoms with E-state index in [0.717, 1.165) is 72.2 Å². The molecule has 0 spiro atoms. The Morgan fingerprint density at radius 3 is 2.46 bits per heavy atom. The standard InChI is InChI=1S/C30H34N8O/c1-22-6-9-27(19-29(22)35-30-32-14-12-28(34-30)25-5-4-13-31-21-25)38(23(2)39)26-10-7-24(8-11-26)20-33-37-17-15-36(3)16-18-37/h4-14,19,21,33H,15-18,20H2,1-3H3,(H,32,34,35). The SMILES string of the molecule is CC(=O)N(c1ccc(CNN2CCN(C)CC2)cc1)c1ccc(C)c(Nc2nccc(-c3cccnc3)n2)c1. The molecule has 4 aromatic rings. The third-order valence-electron chi connectivity index (χ3n) is 6.86. The number of rotatable bonds is 8. The number of carbonyl (C=O) groups is 1. The molecular formula is C30H34N8O. The molecule has 0 unspecified atom stereocenters. The number of hydrogen-bond acceptors (Lipinski definition) is 8. The smallest absolute Gasteiger partial charge is 0.228 e. The Bertz CT molecular complexity index is 1400. The minimum Gasteiger partial charge on any atom is -0.324 e. The van der Waals surface area contributed by atoms with Gasteiger partial charge >= 0.3 is 0 Å². The van der Waals surface area contributed by atoms with Crippen LogP contribution in [0.4, 0.5) is 23.0 Å². The van der Waals surface area contributed by atoms with Crippen molar-refractivity contribution in [3.05, 3.63) is 90.4 Å². The molecule has 2 N–H and O–H groups in total. The van der Waals surface area contributed by atoms with Crippen molar-refractivity contribution in [2.45, 2.75) is 20.4 Å². The molecule has 1 aliphatic heterocycles. The van der Waals surface area contributed by atoms with Crippen molar-refractivity contribution >= 4 is 28.9 Å². The minimum atomic E-state index is -0.0667. The lowest BCUT2D eigenvalue weighted by Gasteiger charge is -2.32. The maximum atomic E-state index is 12.8. The quantitative estimate of drug-likeness (QED) is 0.349. The second-order valence-corrected chi connectivity index (χ2v) is 9.78. The van der Waals surface area contributed by atoms with E-state index in [-0.39, 0.29) is 5.91 Å². The lowest BCUT2D eigenvalue weighted by molar-refractivity contribution is -0.115. The van der Waals surface area contributed by atoms with Gasteiger partial charge in [0.05, 0.1) is 11.4 Å². The normalized spacial score (nSPS) is 14.2. The number of likely N-dealkylation sites (N-methyl/N-ethyl adjacent to an activating group) is 1. The fraction of sp³-hybridized carbons (Fsp3) is 0.267. The third-order valence-corrected chi connectivity index (χ3v) is 6.86. The Balaban J connectivity index is 1.32. The van der Waals surface area contributed by atoms with Crippen LogP contribution in [0.3, 0.4) is 0 Å². The fourth-order valence-electron chi connectivity index (χ4n) is 4.54. The molecule has 5 rings (SSSR count). The molecule has 1 aliphatic rings. The Labute approximate surface area is 229 Å². The fourth-order valence-corrected chi connectivity index (χ4v) is 4.54. The van der Waals surface area contributed by atoms with Crippen LogP contribution in [0, 0.1) is 6.92 Å².